The van der Waals surface area contributed by atoms with Crippen molar-refractivity contribution in [3.8, 4) is 6.01 Å². The molecule has 0 unspecified atom stereocenters. The van der Waals surface area contributed by atoms with Gasteiger partial charge in [-0.25, -0.2) is 0 Å². The molecule has 0 atom stereocenters. The molecule has 1 aromatic heterocycles. The van der Waals surface area contributed by atoms with Crippen LogP contribution in [0.5, 0.6) is 6.01 Å². The number of rotatable bonds is 8. The number of aromatic nitrogens is 3. The zero-order valence-corrected chi connectivity index (χ0v) is 11.5. The summed E-state index contributed by atoms with van der Waals surface area (Å²) in [4.78, 5) is 12.2. The molecule has 0 aromatic carbocycles. The number of aliphatic hydroxyl groups is 2. The molecule has 8 heteroatoms. The van der Waals surface area contributed by atoms with Crippen molar-refractivity contribution >= 4 is 11.9 Å². The lowest BCUT2D eigenvalue weighted by Crippen LogP contribution is -2.45. The van der Waals surface area contributed by atoms with Crippen LogP contribution in [0.25, 0.3) is 0 Å². The summed E-state index contributed by atoms with van der Waals surface area (Å²) in [5.41, 5.74) is -0.865. The third kappa shape index (κ3) is 3.90. The van der Waals surface area contributed by atoms with Crippen molar-refractivity contribution < 1.29 is 14.9 Å². The Morgan fingerprint density at radius 3 is 2.21 bits per heavy atom. The van der Waals surface area contributed by atoms with Crippen LogP contribution in [-0.4, -0.2) is 57.6 Å². The lowest BCUT2D eigenvalue weighted by atomic mass is 9.99. The van der Waals surface area contributed by atoms with E-state index in [2.05, 4.69) is 25.6 Å². The van der Waals surface area contributed by atoms with Gasteiger partial charge in [0.25, 0.3) is 0 Å². The average Bonchev–Trinajstić information content (AvgIpc) is 2.45. The molecule has 0 aliphatic carbocycles. The van der Waals surface area contributed by atoms with Crippen LogP contribution >= 0.6 is 0 Å². The SMILES string of the molecule is CCOc1nc(NC)nc(NC(CC)(CO)CO)n1. The first kappa shape index (κ1) is 15.4. The fourth-order valence-electron chi connectivity index (χ4n) is 1.40. The maximum atomic E-state index is 9.40. The highest BCUT2D eigenvalue weighted by Gasteiger charge is 2.27. The number of nitrogens with zero attached hydrogens (tertiary/aromatic N) is 3. The van der Waals surface area contributed by atoms with E-state index in [9.17, 15) is 10.2 Å². The molecule has 0 aliphatic heterocycles. The standard InChI is InChI=1S/C11H21N5O3/c1-4-11(6-17,7-18)16-9-13-8(12-3)14-10(15-9)19-5-2/h17-18H,4-7H2,1-3H3,(H2,12,13,14,15,16). The minimum absolute atomic E-state index is 0.185. The van der Waals surface area contributed by atoms with Gasteiger partial charge in [-0.15, -0.1) is 0 Å². The van der Waals surface area contributed by atoms with Crippen molar-refractivity contribution in [2.24, 2.45) is 0 Å². The third-order valence-electron chi connectivity index (χ3n) is 2.77. The number of ether oxygens (including phenoxy) is 1. The maximum absolute atomic E-state index is 9.40. The number of hydrogen-bond acceptors (Lipinski definition) is 8. The molecule has 4 N–H and O–H groups in total. The van der Waals surface area contributed by atoms with Crippen LogP contribution in [0.4, 0.5) is 11.9 Å². The van der Waals surface area contributed by atoms with Gasteiger partial charge in [0.05, 0.1) is 25.4 Å². The monoisotopic (exact) mass is 271 g/mol. The highest BCUT2D eigenvalue weighted by atomic mass is 16.5. The van der Waals surface area contributed by atoms with E-state index in [0.717, 1.165) is 0 Å². The lowest BCUT2D eigenvalue weighted by molar-refractivity contribution is 0.132. The molecule has 0 aliphatic rings. The molecule has 19 heavy (non-hydrogen) atoms. The Kier molecular flexibility index (Phi) is 5.71. The van der Waals surface area contributed by atoms with Gasteiger partial charge in [-0.1, -0.05) is 6.92 Å². The summed E-state index contributed by atoms with van der Waals surface area (Å²) >= 11 is 0. The van der Waals surface area contributed by atoms with Crippen LogP contribution in [0, 0.1) is 0 Å². The molecule has 0 bridgehead atoms. The third-order valence-corrected chi connectivity index (χ3v) is 2.77. The summed E-state index contributed by atoms with van der Waals surface area (Å²) in [6.45, 7) is 3.65. The molecular formula is C11H21N5O3. The Morgan fingerprint density at radius 1 is 1.11 bits per heavy atom. The summed E-state index contributed by atoms with van der Waals surface area (Å²) in [7, 11) is 1.68. The Bertz CT molecular complexity index is 390. The van der Waals surface area contributed by atoms with Gasteiger partial charge in [0, 0.05) is 7.05 Å². The van der Waals surface area contributed by atoms with Gasteiger partial charge < -0.3 is 25.6 Å². The van der Waals surface area contributed by atoms with Gasteiger partial charge in [0.2, 0.25) is 11.9 Å². The summed E-state index contributed by atoms with van der Waals surface area (Å²) in [5, 5.41) is 24.5. The zero-order valence-electron chi connectivity index (χ0n) is 11.5. The second kappa shape index (κ2) is 7.05. The van der Waals surface area contributed by atoms with Crippen molar-refractivity contribution in [1.29, 1.82) is 0 Å². The molecule has 1 heterocycles. The Hall–Kier alpha value is -1.67. The second-order valence-electron chi connectivity index (χ2n) is 4.02. The first-order chi connectivity index (χ1) is 9.12. The molecule has 0 saturated heterocycles. The van der Waals surface area contributed by atoms with Gasteiger partial charge in [-0.2, -0.15) is 15.0 Å². The molecule has 0 spiro atoms. The van der Waals surface area contributed by atoms with Crippen molar-refractivity contribution in [3.05, 3.63) is 0 Å². The fraction of sp³-hybridized carbons (Fsp3) is 0.727. The van der Waals surface area contributed by atoms with Crippen LogP contribution < -0.4 is 15.4 Å². The smallest absolute Gasteiger partial charge is 0.323 e. The van der Waals surface area contributed by atoms with Crippen LogP contribution in [0.3, 0.4) is 0 Å². The van der Waals surface area contributed by atoms with Crippen LogP contribution in [0.2, 0.25) is 0 Å². The van der Waals surface area contributed by atoms with E-state index in [0.29, 0.717) is 19.0 Å². The highest BCUT2D eigenvalue weighted by molar-refractivity contribution is 5.37. The molecule has 1 aromatic rings. The maximum Gasteiger partial charge on any atom is 0.323 e. The largest absolute Gasteiger partial charge is 0.464 e. The van der Waals surface area contributed by atoms with Crippen LogP contribution in [0.15, 0.2) is 0 Å². The number of hydrogen-bond donors (Lipinski definition) is 4. The fourth-order valence-corrected chi connectivity index (χ4v) is 1.40. The van der Waals surface area contributed by atoms with Crippen LogP contribution in [-0.2, 0) is 0 Å². The minimum atomic E-state index is -0.865. The summed E-state index contributed by atoms with van der Waals surface area (Å²) in [6.07, 6.45) is 0.518. The van der Waals surface area contributed by atoms with Crippen LogP contribution in [0.1, 0.15) is 20.3 Å². The predicted octanol–water partition coefficient (Wildman–Crippen LogP) is -0.143. The van der Waals surface area contributed by atoms with E-state index >= 15 is 0 Å². The molecule has 0 fully saturated rings. The summed E-state index contributed by atoms with van der Waals surface area (Å²) in [5.74, 6) is 0.592. The first-order valence-electron chi connectivity index (χ1n) is 6.19. The molecule has 8 nitrogen and oxygen atoms in total. The Morgan fingerprint density at radius 2 is 1.74 bits per heavy atom. The van der Waals surface area contributed by atoms with Gasteiger partial charge in [-0.05, 0) is 13.3 Å². The lowest BCUT2D eigenvalue weighted by Gasteiger charge is -2.29. The molecule has 0 saturated carbocycles. The molecular weight excluding hydrogens is 250 g/mol. The predicted molar refractivity (Wildman–Crippen MR) is 71.4 cm³/mol. The molecule has 108 valence electrons. The molecule has 1 rings (SSSR count). The van der Waals surface area contributed by atoms with Gasteiger partial charge >= 0.3 is 6.01 Å². The summed E-state index contributed by atoms with van der Waals surface area (Å²) < 4.78 is 5.24. The van der Waals surface area contributed by atoms with Gasteiger partial charge in [0.1, 0.15) is 0 Å². The number of anilines is 2. The first-order valence-corrected chi connectivity index (χ1v) is 6.19. The Labute approximate surface area is 112 Å². The zero-order chi connectivity index (χ0) is 14.3. The van der Waals surface area contributed by atoms with Gasteiger partial charge in [-0.3, -0.25) is 0 Å². The number of nitrogens with one attached hydrogen (secondary N) is 2. The second-order valence-corrected chi connectivity index (χ2v) is 4.02. The minimum Gasteiger partial charge on any atom is -0.464 e. The number of aliphatic hydroxyl groups excluding tert-OH is 2. The van der Waals surface area contributed by atoms with E-state index in [1.165, 1.54) is 0 Å². The average molecular weight is 271 g/mol. The quantitative estimate of drug-likeness (QED) is 0.517. The Balaban J connectivity index is 3.01. The van der Waals surface area contributed by atoms with Crippen molar-refractivity contribution in [2.45, 2.75) is 25.8 Å². The van der Waals surface area contributed by atoms with Crippen molar-refractivity contribution in [3.63, 3.8) is 0 Å². The summed E-state index contributed by atoms with van der Waals surface area (Å²) in [6, 6.07) is 0.185. The molecule has 0 radical (unpaired) electrons. The van der Waals surface area contributed by atoms with Crippen molar-refractivity contribution in [1.82, 2.24) is 15.0 Å². The van der Waals surface area contributed by atoms with E-state index in [-0.39, 0.29) is 25.2 Å². The highest BCUT2D eigenvalue weighted by Crippen LogP contribution is 2.18. The molecule has 0 amide bonds. The van der Waals surface area contributed by atoms with E-state index < -0.39 is 5.54 Å². The normalized spacial score (nSPS) is 11.2. The van der Waals surface area contributed by atoms with E-state index in [1.54, 1.807) is 7.05 Å². The van der Waals surface area contributed by atoms with E-state index in [4.69, 9.17) is 4.74 Å². The van der Waals surface area contributed by atoms with E-state index in [1.807, 2.05) is 13.8 Å². The van der Waals surface area contributed by atoms with Crippen molar-refractivity contribution in [2.75, 3.05) is 37.5 Å². The topological polar surface area (TPSA) is 112 Å². The van der Waals surface area contributed by atoms with Gasteiger partial charge in [0.15, 0.2) is 0 Å².